The summed E-state index contributed by atoms with van der Waals surface area (Å²) in [4.78, 5) is 0. The van der Waals surface area contributed by atoms with Crippen molar-refractivity contribution in [2.24, 2.45) is 5.92 Å². The summed E-state index contributed by atoms with van der Waals surface area (Å²) >= 11 is 0. The van der Waals surface area contributed by atoms with E-state index >= 15 is 0 Å². The van der Waals surface area contributed by atoms with Gasteiger partial charge in [0.05, 0.1) is 12.3 Å². The molecule has 1 rings (SSSR count). The summed E-state index contributed by atoms with van der Waals surface area (Å²) in [7, 11) is 0. The van der Waals surface area contributed by atoms with Crippen molar-refractivity contribution in [1.82, 2.24) is 0 Å². The minimum atomic E-state index is 0. The van der Waals surface area contributed by atoms with Gasteiger partial charge in [-0.25, -0.2) is 0 Å². The second-order valence-electron chi connectivity index (χ2n) is 3.24. The molecule has 0 aliphatic heterocycles. The molecule has 0 aliphatic carbocycles. The van der Waals surface area contributed by atoms with Gasteiger partial charge in [0.2, 0.25) is 0 Å². The van der Waals surface area contributed by atoms with E-state index in [9.17, 15) is 0 Å². The molecule has 0 unspecified atom stereocenters. The molecule has 0 atom stereocenters. The van der Waals surface area contributed by atoms with E-state index in [1.165, 1.54) is 0 Å². The number of rotatable bonds is 3. The van der Waals surface area contributed by atoms with Crippen molar-refractivity contribution in [2.75, 3.05) is 12.3 Å². The number of para-hydroxylation sites is 2. The highest BCUT2D eigenvalue weighted by Crippen LogP contribution is 2.20. The number of anilines is 1. The molecule has 2 nitrogen and oxygen atoms in total. The SMILES string of the molecule is CC(C)COc1ccccc1N.[Cl-]. The largest absolute Gasteiger partial charge is 1.00 e. The lowest BCUT2D eigenvalue weighted by Crippen LogP contribution is -3.00. The fraction of sp³-hybridized carbons (Fsp3) is 0.400. The molecule has 0 amide bonds. The Balaban J connectivity index is 0.00000144. The van der Waals surface area contributed by atoms with Crippen LogP contribution >= 0.6 is 0 Å². The van der Waals surface area contributed by atoms with Crippen LogP contribution in [0.1, 0.15) is 13.8 Å². The van der Waals surface area contributed by atoms with Crippen LogP contribution in [0.5, 0.6) is 5.75 Å². The minimum Gasteiger partial charge on any atom is -1.00 e. The van der Waals surface area contributed by atoms with Gasteiger partial charge in [-0.3, -0.25) is 0 Å². The van der Waals surface area contributed by atoms with Crippen LogP contribution in [0, 0.1) is 5.92 Å². The van der Waals surface area contributed by atoms with E-state index in [0.29, 0.717) is 18.2 Å². The molecule has 13 heavy (non-hydrogen) atoms. The third-order valence-electron chi connectivity index (χ3n) is 1.49. The zero-order valence-electron chi connectivity index (χ0n) is 7.96. The molecule has 0 heterocycles. The Morgan fingerprint density at radius 1 is 1.31 bits per heavy atom. The van der Waals surface area contributed by atoms with Gasteiger partial charge in [-0.05, 0) is 18.1 Å². The maximum atomic E-state index is 5.68. The molecule has 1 aromatic carbocycles. The Morgan fingerprint density at radius 3 is 2.46 bits per heavy atom. The van der Waals surface area contributed by atoms with Gasteiger partial charge in [0.15, 0.2) is 0 Å². The number of hydrogen-bond donors (Lipinski definition) is 1. The van der Waals surface area contributed by atoms with Gasteiger partial charge in [-0.2, -0.15) is 0 Å². The normalized spacial score (nSPS) is 9.46. The first-order valence-electron chi connectivity index (χ1n) is 4.17. The van der Waals surface area contributed by atoms with Crippen molar-refractivity contribution in [1.29, 1.82) is 0 Å². The van der Waals surface area contributed by atoms with Crippen molar-refractivity contribution in [3.05, 3.63) is 24.3 Å². The molecule has 3 heteroatoms. The number of ether oxygens (including phenoxy) is 1. The number of nitrogens with two attached hydrogens (primary N) is 1. The second kappa shape index (κ2) is 5.70. The minimum absolute atomic E-state index is 0. The molecular formula is C10H15ClNO-. The average molecular weight is 201 g/mol. The van der Waals surface area contributed by atoms with Gasteiger partial charge >= 0.3 is 0 Å². The third-order valence-corrected chi connectivity index (χ3v) is 1.49. The molecule has 0 saturated carbocycles. The predicted octanol–water partition coefficient (Wildman–Crippen LogP) is -0.692. The van der Waals surface area contributed by atoms with Crippen molar-refractivity contribution in [3.63, 3.8) is 0 Å². The highest BCUT2D eigenvalue weighted by Gasteiger charge is 1.99. The lowest BCUT2D eigenvalue weighted by atomic mass is 10.2. The van der Waals surface area contributed by atoms with E-state index in [4.69, 9.17) is 10.5 Å². The number of nitrogen functional groups attached to an aromatic ring is 1. The maximum Gasteiger partial charge on any atom is 0.142 e. The highest BCUT2D eigenvalue weighted by molar-refractivity contribution is 5.51. The third kappa shape index (κ3) is 4.04. The molecule has 0 aromatic heterocycles. The van der Waals surface area contributed by atoms with E-state index in [-0.39, 0.29) is 12.4 Å². The smallest absolute Gasteiger partial charge is 0.142 e. The molecule has 2 N–H and O–H groups in total. The van der Waals surface area contributed by atoms with E-state index < -0.39 is 0 Å². The topological polar surface area (TPSA) is 35.2 Å². The molecule has 0 aliphatic rings. The van der Waals surface area contributed by atoms with Gasteiger partial charge in [-0.15, -0.1) is 0 Å². The summed E-state index contributed by atoms with van der Waals surface area (Å²) < 4.78 is 5.47. The first kappa shape index (κ1) is 12.1. The van der Waals surface area contributed by atoms with Crippen molar-refractivity contribution in [3.8, 4) is 5.75 Å². The molecule has 1 aromatic rings. The lowest BCUT2D eigenvalue weighted by molar-refractivity contribution is -0.00000297. The molecule has 0 bridgehead atoms. The highest BCUT2D eigenvalue weighted by atomic mass is 35.5. The number of hydrogen-bond acceptors (Lipinski definition) is 2. The Kier molecular flexibility index (Phi) is 5.31. The van der Waals surface area contributed by atoms with Crippen LogP contribution in [0.2, 0.25) is 0 Å². The maximum absolute atomic E-state index is 5.68. The first-order valence-corrected chi connectivity index (χ1v) is 4.17. The second-order valence-corrected chi connectivity index (χ2v) is 3.24. The van der Waals surface area contributed by atoms with E-state index in [0.717, 1.165) is 5.75 Å². The van der Waals surface area contributed by atoms with Gasteiger partial charge in [0, 0.05) is 0 Å². The van der Waals surface area contributed by atoms with Gasteiger partial charge < -0.3 is 22.9 Å². The summed E-state index contributed by atoms with van der Waals surface area (Å²) in [5.74, 6) is 1.32. The van der Waals surface area contributed by atoms with E-state index in [1.54, 1.807) is 0 Å². The molecule has 74 valence electrons. The quantitative estimate of drug-likeness (QED) is 0.656. The molecule has 0 radical (unpaired) electrons. The Morgan fingerprint density at radius 2 is 1.92 bits per heavy atom. The van der Waals surface area contributed by atoms with Crippen LogP contribution in [-0.2, 0) is 0 Å². The van der Waals surface area contributed by atoms with Crippen LogP contribution in [0.4, 0.5) is 5.69 Å². The summed E-state index contributed by atoms with van der Waals surface area (Å²) in [6, 6.07) is 7.55. The van der Waals surface area contributed by atoms with Gasteiger partial charge in [0.1, 0.15) is 5.75 Å². The Labute approximate surface area is 85.5 Å². The Hall–Kier alpha value is -0.890. The zero-order chi connectivity index (χ0) is 8.97. The fourth-order valence-electron chi connectivity index (χ4n) is 0.868. The van der Waals surface area contributed by atoms with Crippen molar-refractivity contribution in [2.45, 2.75) is 13.8 Å². The van der Waals surface area contributed by atoms with Gasteiger partial charge in [0.25, 0.3) is 0 Å². The summed E-state index contributed by atoms with van der Waals surface area (Å²) in [6.07, 6.45) is 0. The van der Waals surface area contributed by atoms with Crippen LogP contribution in [0.15, 0.2) is 24.3 Å². The van der Waals surface area contributed by atoms with Crippen LogP contribution in [-0.4, -0.2) is 6.61 Å². The summed E-state index contributed by atoms with van der Waals surface area (Å²) in [6.45, 7) is 4.94. The van der Waals surface area contributed by atoms with Crippen LogP contribution in [0.3, 0.4) is 0 Å². The monoisotopic (exact) mass is 200 g/mol. The summed E-state index contributed by atoms with van der Waals surface area (Å²) in [5, 5.41) is 0. The van der Waals surface area contributed by atoms with Crippen molar-refractivity contribution >= 4 is 5.69 Å². The summed E-state index contributed by atoms with van der Waals surface area (Å²) in [5.41, 5.74) is 6.39. The van der Waals surface area contributed by atoms with E-state index in [1.807, 2.05) is 24.3 Å². The van der Waals surface area contributed by atoms with E-state index in [2.05, 4.69) is 13.8 Å². The van der Waals surface area contributed by atoms with Crippen LogP contribution in [0.25, 0.3) is 0 Å². The molecule has 0 fully saturated rings. The number of halogens is 1. The lowest BCUT2D eigenvalue weighted by Gasteiger charge is -2.09. The predicted molar refractivity (Wildman–Crippen MR) is 51.2 cm³/mol. The Bertz CT molecular complexity index is 250. The molecule has 0 saturated heterocycles. The molecule has 0 spiro atoms. The zero-order valence-corrected chi connectivity index (χ0v) is 8.71. The fourth-order valence-corrected chi connectivity index (χ4v) is 0.868. The van der Waals surface area contributed by atoms with Crippen LogP contribution < -0.4 is 22.9 Å². The molecular weight excluding hydrogens is 186 g/mol. The van der Waals surface area contributed by atoms with Crippen molar-refractivity contribution < 1.29 is 17.1 Å². The van der Waals surface area contributed by atoms with Gasteiger partial charge in [-0.1, -0.05) is 26.0 Å². The average Bonchev–Trinajstić information content (AvgIpc) is 2.03. The first-order chi connectivity index (χ1) is 5.70. The number of benzene rings is 1. The standard InChI is InChI=1S/C10H15NO.ClH/c1-8(2)7-12-10-6-4-3-5-9(10)11;/h3-6,8H,7,11H2,1-2H3;1H/p-1.